The Hall–Kier alpha value is -1.93. The third-order valence-corrected chi connectivity index (χ3v) is 4.02. The maximum Gasteiger partial charge on any atom is 0.155 e. The van der Waals surface area contributed by atoms with Gasteiger partial charge in [-0.25, -0.2) is 0 Å². The summed E-state index contributed by atoms with van der Waals surface area (Å²) in [6, 6.07) is 20.8. The molecule has 1 fully saturated rings. The maximum absolute atomic E-state index is 12.3. The summed E-state index contributed by atoms with van der Waals surface area (Å²) in [5.41, 5.74) is 2.39. The second-order valence-corrected chi connectivity index (χ2v) is 5.43. The summed E-state index contributed by atoms with van der Waals surface area (Å²) in [4.78, 5) is 14.5. The van der Waals surface area contributed by atoms with Gasteiger partial charge in [0.05, 0.1) is 6.04 Å². The zero-order valence-electron chi connectivity index (χ0n) is 11.7. The molecule has 0 radical (unpaired) electrons. The number of hydrogen-bond donors (Lipinski definition) is 0. The summed E-state index contributed by atoms with van der Waals surface area (Å²) >= 11 is 0. The van der Waals surface area contributed by atoms with Crippen LogP contribution in [0.4, 0.5) is 0 Å². The summed E-state index contributed by atoms with van der Waals surface area (Å²) in [5, 5.41) is 0. The van der Waals surface area contributed by atoms with Crippen molar-refractivity contribution < 1.29 is 4.79 Å². The van der Waals surface area contributed by atoms with Crippen molar-refractivity contribution in [3.63, 3.8) is 0 Å². The van der Waals surface area contributed by atoms with Gasteiger partial charge in [-0.05, 0) is 18.1 Å². The first kappa shape index (κ1) is 13.1. The van der Waals surface area contributed by atoms with Crippen molar-refractivity contribution in [3.05, 3.63) is 71.8 Å². The highest BCUT2D eigenvalue weighted by Gasteiger charge is 2.42. The summed E-state index contributed by atoms with van der Waals surface area (Å²) in [6.07, 6.45) is 0.545. The van der Waals surface area contributed by atoms with Gasteiger partial charge in [0.15, 0.2) is 5.78 Å². The highest BCUT2D eigenvalue weighted by atomic mass is 16.1. The Kier molecular flexibility index (Phi) is 3.66. The maximum atomic E-state index is 12.3. The molecule has 2 heteroatoms. The Balaban J connectivity index is 1.60. The lowest BCUT2D eigenvalue weighted by atomic mass is 10.1. The Bertz CT molecular complexity index is 579. The van der Waals surface area contributed by atoms with Crippen LogP contribution in [0.2, 0.25) is 0 Å². The number of benzene rings is 2. The first-order valence-electron chi connectivity index (χ1n) is 7.13. The molecule has 2 nitrogen and oxygen atoms in total. The van der Waals surface area contributed by atoms with Crippen molar-refractivity contribution in [2.45, 2.75) is 25.4 Å². The monoisotopic (exact) mass is 265 g/mol. The van der Waals surface area contributed by atoms with Crippen molar-refractivity contribution >= 4 is 5.78 Å². The van der Waals surface area contributed by atoms with Crippen LogP contribution in [0.5, 0.6) is 0 Å². The lowest BCUT2D eigenvalue weighted by Gasteiger charge is -2.14. The van der Waals surface area contributed by atoms with E-state index in [2.05, 4.69) is 36.1 Å². The molecular formula is C18H19NO. The predicted molar refractivity (Wildman–Crippen MR) is 80.5 cm³/mol. The van der Waals surface area contributed by atoms with E-state index in [9.17, 15) is 4.79 Å². The molecule has 3 atom stereocenters. The molecule has 3 rings (SSSR count). The number of nitrogens with zero attached hydrogens (tertiary/aromatic N) is 1. The van der Waals surface area contributed by atoms with Gasteiger partial charge in [-0.1, -0.05) is 60.7 Å². The van der Waals surface area contributed by atoms with Gasteiger partial charge in [-0.2, -0.15) is 0 Å². The van der Waals surface area contributed by atoms with Crippen molar-refractivity contribution in [2.24, 2.45) is 0 Å². The van der Waals surface area contributed by atoms with E-state index in [1.54, 1.807) is 0 Å². The van der Waals surface area contributed by atoms with Crippen LogP contribution in [0.15, 0.2) is 60.7 Å². The first-order valence-corrected chi connectivity index (χ1v) is 7.13. The smallest absolute Gasteiger partial charge is 0.155 e. The quantitative estimate of drug-likeness (QED) is 0.773. The molecule has 0 bridgehead atoms. The molecule has 1 saturated heterocycles. The molecule has 0 aliphatic carbocycles. The molecule has 0 amide bonds. The Morgan fingerprint density at radius 2 is 1.70 bits per heavy atom. The van der Waals surface area contributed by atoms with Crippen LogP contribution in [0.25, 0.3) is 0 Å². The number of rotatable bonds is 5. The highest BCUT2D eigenvalue weighted by molar-refractivity contribution is 5.88. The predicted octanol–water partition coefficient (Wildman–Crippen LogP) is 3.24. The fourth-order valence-corrected chi connectivity index (χ4v) is 2.71. The lowest BCUT2D eigenvalue weighted by molar-refractivity contribution is -0.118. The zero-order valence-corrected chi connectivity index (χ0v) is 11.7. The van der Waals surface area contributed by atoms with Crippen LogP contribution in [0.1, 0.15) is 24.1 Å². The molecule has 0 spiro atoms. The van der Waals surface area contributed by atoms with Crippen LogP contribution in [-0.2, 0) is 11.2 Å². The molecule has 0 N–H and O–H groups in total. The van der Waals surface area contributed by atoms with E-state index in [4.69, 9.17) is 0 Å². The van der Waals surface area contributed by atoms with Gasteiger partial charge < -0.3 is 0 Å². The molecule has 0 aromatic heterocycles. The molecule has 1 aliphatic heterocycles. The Morgan fingerprint density at radius 1 is 1.10 bits per heavy atom. The number of hydrogen-bond acceptors (Lipinski definition) is 2. The SMILES string of the molecule is C[C@H](c1ccccc1)N1C[C@H]1C(=O)Cc1ccccc1. The largest absolute Gasteiger partial charge is 0.298 e. The topological polar surface area (TPSA) is 20.1 Å². The minimum atomic E-state index is 0.102. The molecular weight excluding hydrogens is 246 g/mol. The molecule has 1 unspecified atom stereocenters. The van der Waals surface area contributed by atoms with Crippen LogP contribution in [0.3, 0.4) is 0 Å². The zero-order chi connectivity index (χ0) is 13.9. The van der Waals surface area contributed by atoms with Crippen LogP contribution < -0.4 is 0 Å². The van der Waals surface area contributed by atoms with Crippen molar-refractivity contribution in [1.82, 2.24) is 4.90 Å². The normalized spacial score (nSPS) is 22.2. The van der Waals surface area contributed by atoms with E-state index < -0.39 is 0 Å². The van der Waals surface area contributed by atoms with E-state index >= 15 is 0 Å². The molecule has 1 aliphatic rings. The van der Waals surface area contributed by atoms with Gasteiger partial charge in [-0.3, -0.25) is 9.69 Å². The molecule has 0 saturated carbocycles. The van der Waals surface area contributed by atoms with Gasteiger partial charge in [0.2, 0.25) is 0 Å². The van der Waals surface area contributed by atoms with E-state index in [-0.39, 0.29) is 6.04 Å². The lowest BCUT2D eigenvalue weighted by Crippen LogP contribution is -2.17. The van der Waals surface area contributed by atoms with Crippen LogP contribution >= 0.6 is 0 Å². The van der Waals surface area contributed by atoms with E-state index in [0.29, 0.717) is 18.2 Å². The summed E-state index contributed by atoms with van der Waals surface area (Å²) in [6.45, 7) is 3.06. The average molecular weight is 265 g/mol. The van der Waals surface area contributed by atoms with Gasteiger partial charge in [0, 0.05) is 19.0 Å². The summed E-state index contributed by atoms with van der Waals surface area (Å²) in [5.74, 6) is 0.332. The fraction of sp³-hybridized carbons (Fsp3) is 0.278. The molecule has 2 aromatic carbocycles. The van der Waals surface area contributed by atoms with Crippen molar-refractivity contribution in [3.8, 4) is 0 Å². The highest BCUT2D eigenvalue weighted by Crippen LogP contribution is 2.32. The Morgan fingerprint density at radius 3 is 2.35 bits per heavy atom. The van der Waals surface area contributed by atoms with Gasteiger partial charge in [0.25, 0.3) is 0 Å². The standard InChI is InChI=1S/C18H19NO/c1-14(16-10-6-3-7-11-16)19-13-17(19)18(20)12-15-8-4-2-5-9-15/h2-11,14,17H,12-13H2,1H3/t14-,17+,19?/m1/s1. The summed E-state index contributed by atoms with van der Waals surface area (Å²) in [7, 11) is 0. The van der Waals surface area contributed by atoms with E-state index in [1.165, 1.54) is 5.56 Å². The number of Topliss-reactive ketones (excluding diaryl/α,β-unsaturated/α-hetero) is 1. The average Bonchev–Trinajstić information content (AvgIpc) is 3.29. The van der Waals surface area contributed by atoms with Crippen molar-refractivity contribution in [2.75, 3.05) is 6.54 Å². The molecule has 20 heavy (non-hydrogen) atoms. The van der Waals surface area contributed by atoms with Gasteiger partial charge in [0.1, 0.15) is 0 Å². The molecule has 2 aromatic rings. The molecule has 1 heterocycles. The minimum Gasteiger partial charge on any atom is -0.298 e. The van der Waals surface area contributed by atoms with Crippen molar-refractivity contribution in [1.29, 1.82) is 0 Å². The number of carbonyl (C=O) groups excluding carboxylic acids is 1. The third kappa shape index (κ3) is 2.81. The second-order valence-electron chi connectivity index (χ2n) is 5.43. The third-order valence-electron chi connectivity index (χ3n) is 4.02. The van der Waals surface area contributed by atoms with Crippen LogP contribution in [-0.4, -0.2) is 23.3 Å². The Labute approximate surface area is 120 Å². The first-order chi connectivity index (χ1) is 9.75. The number of carbonyl (C=O) groups is 1. The van der Waals surface area contributed by atoms with Gasteiger partial charge in [-0.15, -0.1) is 0 Å². The van der Waals surface area contributed by atoms with Gasteiger partial charge >= 0.3 is 0 Å². The number of ketones is 1. The van der Waals surface area contributed by atoms with E-state index in [1.807, 2.05) is 36.4 Å². The minimum absolute atomic E-state index is 0.102. The fourth-order valence-electron chi connectivity index (χ4n) is 2.71. The van der Waals surface area contributed by atoms with Crippen LogP contribution in [0, 0.1) is 0 Å². The van der Waals surface area contributed by atoms with E-state index in [0.717, 1.165) is 12.1 Å². The summed E-state index contributed by atoms with van der Waals surface area (Å²) < 4.78 is 0. The molecule has 102 valence electrons. The second kappa shape index (κ2) is 5.59.